The van der Waals surface area contributed by atoms with Crippen LogP contribution < -0.4 is 5.32 Å². The minimum absolute atomic E-state index is 0.00814. The van der Waals surface area contributed by atoms with Crippen molar-refractivity contribution in [1.29, 1.82) is 0 Å². The Hall–Kier alpha value is -2.17. The second kappa shape index (κ2) is 8.52. The number of esters is 1. The molecule has 5 nitrogen and oxygen atoms in total. The van der Waals surface area contributed by atoms with Crippen LogP contribution >= 0.6 is 0 Å². The summed E-state index contributed by atoms with van der Waals surface area (Å²) >= 11 is 0. The van der Waals surface area contributed by atoms with Crippen molar-refractivity contribution in [1.82, 2.24) is 5.32 Å². The lowest BCUT2D eigenvalue weighted by molar-refractivity contribution is -0.150. The summed E-state index contributed by atoms with van der Waals surface area (Å²) in [6, 6.07) is 5.89. The van der Waals surface area contributed by atoms with Gasteiger partial charge in [-0.15, -0.1) is 0 Å². The number of carbonyl (C=O) groups is 3. The number of ketones is 1. The van der Waals surface area contributed by atoms with Crippen LogP contribution in [0, 0.1) is 23.2 Å². The van der Waals surface area contributed by atoms with Crippen molar-refractivity contribution in [2.75, 3.05) is 13.2 Å². The van der Waals surface area contributed by atoms with Crippen molar-refractivity contribution in [2.24, 2.45) is 23.2 Å². The molecule has 0 heterocycles. The molecule has 0 radical (unpaired) electrons. The summed E-state index contributed by atoms with van der Waals surface area (Å²) in [6.45, 7) is 3.60. The molecule has 162 valence electrons. The molecule has 1 aromatic rings. The van der Waals surface area contributed by atoms with E-state index in [1.807, 2.05) is 32.0 Å². The van der Waals surface area contributed by atoms with Crippen LogP contribution in [0.5, 0.6) is 0 Å². The van der Waals surface area contributed by atoms with Crippen molar-refractivity contribution < 1.29 is 19.1 Å². The van der Waals surface area contributed by atoms with Crippen LogP contribution in [-0.4, -0.2) is 30.8 Å². The number of aryl methyl sites for hydroxylation is 2. The van der Waals surface area contributed by atoms with Crippen LogP contribution in [0.25, 0.3) is 0 Å². The fourth-order valence-electron chi connectivity index (χ4n) is 6.41. The van der Waals surface area contributed by atoms with E-state index in [0.29, 0.717) is 23.3 Å². The van der Waals surface area contributed by atoms with E-state index in [9.17, 15) is 14.4 Å². The van der Waals surface area contributed by atoms with Gasteiger partial charge in [0.1, 0.15) is 6.54 Å². The van der Waals surface area contributed by atoms with Gasteiger partial charge in [0, 0.05) is 11.0 Å². The van der Waals surface area contributed by atoms with E-state index in [2.05, 4.69) is 5.32 Å². The second-order valence-electron chi connectivity index (χ2n) is 9.66. The second-order valence-corrected chi connectivity index (χ2v) is 9.66. The molecule has 0 aromatic heterocycles. The average Bonchev–Trinajstić information content (AvgIpc) is 2.74. The summed E-state index contributed by atoms with van der Waals surface area (Å²) in [5.41, 5.74) is 2.40. The molecule has 4 saturated carbocycles. The first-order chi connectivity index (χ1) is 14.4. The first-order valence-electron chi connectivity index (χ1n) is 11.5. The highest BCUT2D eigenvalue weighted by Gasteiger charge is 2.54. The van der Waals surface area contributed by atoms with Crippen LogP contribution in [0.15, 0.2) is 18.2 Å². The Labute approximate surface area is 178 Å². The van der Waals surface area contributed by atoms with Crippen molar-refractivity contribution in [3.8, 4) is 0 Å². The molecule has 4 fully saturated rings. The summed E-state index contributed by atoms with van der Waals surface area (Å²) in [7, 11) is 0. The van der Waals surface area contributed by atoms with Gasteiger partial charge in [0.25, 0.3) is 0 Å². The monoisotopic (exact) mass is 411 g/mol. The molecule has 30 heavy (non-hydrogen) atoms. The van der Waals surface area contributed by atoms with Crippen LogP contribution in [0.4, 0.5) is 0 Å². The van der Waals surface area contributed by atoms with E-state index in [0.717, 1.165) is 43.2 Å². The summed E-state index contributed by atoms with van der Waals surface area (Å²) in [5.74, 6) is 1.30. The smallest absolute Gasteiger partial charge is 0.325 e. The largest absolute Gasteiger partial charge is 0.456 e. The lowest BCUT2D eigenvalue weighted by Gasteiger charge is -2.55. The molecule has 0 saturated heterocycles. The van der Waals surface area contributed by atoms with Gasteiger partial charge in [-0.25, -0.2) is 0 Å². The van der Waals surface area contributed by atoms with Gasteiger partial charge in [0.15, 0.2) is 6.61 Å². The number of ether oxygens (including phenoxy) is 1. The maximum Gasteiger partial charge on any atom is 0.325 e. The first-order valence-corrected chi connectivity index (χ1v) is 11.5. The van der Waals surface area contributed by atoms with E-state index >= 15 is 0 Å². The Kier molecular flexibility index (Phi) is 5.99. The molecule has 1 amide bonds. The third-order valence-electron chi connectivity index (χ3n) is 7.54. The van der Waals surface area contributed by atoms with Crippen molar-refractivity contribution in [3.63, 3.8) is 0 Å². The average molecular weight is 412 g/mol. The molecular formula is C25H33NO4. The molecule has 4 aliphatic carbocycles. The quantitative estimate of drug-likeness (QED) is 0.521. The van der Waals surface area contributed by atoms with Gasteiger partial charge in [-0.2, -0.15) is 0 Å². The number of Topliss-reactive ketones (excluding diaryl/α,β-unsaturated/α-hetero) is 1. The van der Waals surface area contributed by atoms with Crippen LogP contribution in [-0.2, 0) is 27.2 Å². The molecule has 0 unspecified atom stereocenters. The van der Waals surface area contributed by atoms with Gasteiger partial charge < -0.3 is 10.1 Å². The van der Waals surface area contributed by atoms with Gasteiger partial charge in [0.2, 0.25) is 11.7 Å². The Morgan fingerprint density at radius 3 is 2.20 bits per heavy atom. The molecule has 0 aliphatic heterocycles. The maximum atomic E-state index is 12.9. The number of benzene rings is 1. The van der Waals surface area contributed by atoms with Crippen LogP contribution in [0.1, 0.15) is 73.9 Å². The predicted molar refractivity (Wildman–Crippen MR) is 114 cm³/mol. The Morgan fingerprint density at radius 2 is 1.63 bits per heavy atom. The van der Waals surface area contributed by atoms with Crippen molar-refractivity contribution in [3.05, 3.63) is 34.9 Å². The highest BCUT2D eigenvalue weighted by molar-refractivity contribution is 5.99. The molecule has 5 heteroatoms. The summed E-state index contributed by atoms with van der Waals surface area (Å²) < 4.78 is 5.20. The lowest BCUT2D eigenvalue weighted by Crippen LogP contribution is -2.54. The summed E-state index contributed by atoms with van der Waals surface area (Å²) in [5, 5.41) is 2.82. The topological polar surface area (TPSA) is 72.5 Å². The number of hydrogen-bond donors (Lipinski definition) is 1. The van der Waals surface area contributed by atoms with E-state index in [1.165, 1.54) is 19.3 Å². The van der Waals surface area contributed by atoms with Gasteiger partial charge in [-0.05, 0) is 86.3 Å². The number of amides is 1. The minimum Gasteiger partial charge on any atom is -0.456 e. The fourth-order valence-corrected chi connectivity index (χ4v) is 6.41. The minimum atomic E-state index is -0.550. The van der Waals surface area contributed by atoms with Gasteiger partial charge in [-0.1, -0.05) is 26.0 Å². The third-order valence-corrected chi connectivity index (χ3v) is 7.54. The molecule has 1 N–H and O–H groups in total. The molecule has 0 spiro atoms. The Balaban J connectivity index is 1.28. The first kappa shape index (κ1) is 21.1. The van der Waals surface area contributed by atoms with E-state index in [1.54, 1.807) is 0 Å². The fraction of sp³-hybridized carbons (Fsp3) is 0.640. The summed E-state index contributed by atoms with van der Waals surface area (Å²) in [6.07, 6.45) is 8.31. The highest BCUT2D eigenvalue weighted by atomic mass is 16.5. The molecule has 0 atom stereocenters. The zero-order valence-electron chi connectivity index (χ0n) is 18.2. The lowest BCUT2D eigenvalue weighted by atomic mass is 9.49. The van der Waals surface area contributed by atoms with Crippen LogP contribution in [0.3, 0.4) is 0 Å². The predicted octanol–water partition coefficient (Wildman–Crippen LogP) is 3.87. The van der Waals surface area contributed by atoms with Gasteiger partial charge >= 0.3 is 5.97 Å². The molecule has 4 aliphatic rings. The number of nitrogens with one attached hydrogen (secondary N) is 1. The normalized spacial score (nSPS) is 28.9. The van der Waals surface area contributed by atoms with E-state index in [-0.39, 0.29) is 30.3 Å². The van der Waals surface area contributed by atoms with Crippen molar-refractivity contribution >= 4 is 17.7 Å². The molecular weight excluding hydrogens is 378 g/mol. The molecule has 4 bridgehead atoms. The molecule has 5 rings (SSSR count). The standard InChI is InChI=1S/C25H33NO4/c1-3-16-5-6-20(4-2)21(10-16)22(27)15-30-23(28)14-26-24(29)25-11-17-7-18(12-25)9-19(8-17)13-25/h5-6,10,17-19H,3-4,7-9,11-15H2,1-2H3,(H,26,29). The maximum absolute atomic E-state index is 12.9. The van der Waals surface area contributed by atoms with Gasteiger partial charge in [-0.3, -0.25) is 14.4 Å². The zero-order chi connectivity index (χ0) is 21.3. The summed E-state index contributed by atoms with van der Waals surface area (Å²) in [4.78, 5) is 37.7. The van der Waals surface area contributed by atoms with E-state index in [4.69, 9.17) is 4.74 Å². The zero-order valence-corrected chi connectivity index (χ0v) is 18.2. The van der Waals surface area contributed by atoms with Crippen molar-refractivity contribution in [2.45, 2.75) is 65.2 Å². The molecule has 1 aromatic carbocycles. The number of hydrogen-bond acceptors (Lipinski definition) is 4. The Bertz CT molecular complexity index is 808. The third kappa shape index (κ3) is 4.17. The number of rotatable bonds is 8. The van der Waals surface area contributed by atoms with E-state index < -0.39 is 5.97 Å². The van der Waals surface area contributed by atoms with Gasteiger partial charge in [0.05, 0.1) is 0 Å². The highest BCUT2D eigenvalue weighted by Crippen LogP contribution is 2.60. The SMILES string of the molecule is CCc1ccc(CC)c(C(=O)COC(=O)CNC(=O)C23CC4CC(CC(C4)C2)C3)c1. The van der Waals surface area contributed by atoms with Crippen LogP contribution in [0.2, 0.25) is 0 Å². The number of carbonyl (C=O) groups excluding carboxylic acids is 3. The Morgan fingerprint density at radius 1 is 1.00 bits per heavy atom.